The van der Waals surface area contributed by atoms with Crippen molar-refractivity contribution in [3.05, 3.63) is 24.3 Å². The number of amides is 4. The van der Waals surface area contributed by atoms with Crippen molar-refractivity contribution >= 4 is 23.5 Å². The number of carbonyl (C=O) groups excluding carboxylic acids is 3. The zero-order valence-corrected chi connectivity index (χ0v) is 12.4. The van der Waals surface area contributed by atoms with Gasteiger partial charge in [0.2, 0.25) is 5.91 Å². The lowest BCUT2D eigenvalue weighted by molar-refractivity contribution is -0.127. The summed E-state index contributed by atoms with van der Waals surface area (Å²) < 4.78 is 5.63. The summed E-state index contributed by atoms with van der Waals surface area (Å²) in [5, 5.41) is 7.03. The van der Waals surface area contributed by atoms with Gasteiger partial charge in [-0.05, 0) is 12.1 Å². The Morgan fingerprint density at radius 1 is 1.23 bits per heavy atom. The number of nitrogens with one attached hydrogen (secondary N) is 3. The van der Waals surface area contributed by atoms with Gasteiger partial charge in [0.15, 0.2) is 6.10 Å². The van der Waals surface area contributed by atoms with Gasteiger partial charge in [-0.25, -0.2) is 4.79 Å². The normalized spacial score (nSPS) is 16.1. The van der Waals surface area contributed by atoms with E-state index < -0.39 is 18.0 Å². The first-order valence-electron chi connectivity index (χ1n) is 6.79. The van der Waals surface area contributed by atoms with Crippen molar-refractivity contribution < 1.29 is 19.1 Å². The van der Waals surface area contributed by atoms with Gasteiger partial charge >= 0.3 is 6.03 Å². The van der Waals surface area contributed by atoms with Crippen LogP contribution in [0.4, 0.5) is 10.5 Å². The van der Waals surface area contributed by atoms with E-state index in [1.165, 1.54) is 14.1 Å². The van der Waals surface area contributed by atoms with E-state index in [0.717, 1.165) is 0 Å². The molecular weight excluding hydrogens is 288 g/mol. The predicted molar refractivity (Wildman–Crippen MR) is 79.7 cm³/mol. The molecule has 22 heavy (non-hydrogen) atoms. The lowest BCUT2D eigenvalue weighted by atomic mass is 10.1. The SMILES string of the molecule is CNC(=O)NC(=O)CN1C[C@H](C(=O)NC)Oc2ccccc21. The summed E-state index contributed by atoms with van der Waals surface area (Å²) in [6.45, 7) is 0.166. The fourth-order valence-electron chi connectivity index (χ4n) is 2.16. The van der Waals surface area contributed by atoms with Gasteiger partial charge in [-0.2, -0.15) is 0 Å². The zero-order valence-electron chi connectivity index (χ0n) is 12.4. The van der Waals surface area contributed by atoms with E-state index in [1.807, 2.05) is 6.07 Å². The number of carbonyl (C=O) groups is 3. The average Bonchev–Trinajstić information content (AvgIpc) is 2.53. The van der Waals surface area contributed by atoms with Gasteiger partial charge in [-0.3, -0.25) is 14.9 Å². The number of para-hydroxylation sites is 2. The fourth-order valence-corrected chi connectivity index (χ4v) is 2.16. The molecule has 0 spiro atoms. The van der Waals surface area contributed by atoms with Crippen LogP contribution < -0.4 is 25.6 Å². The maximum atomic E-state index is 11.9. The van der Waals surface area contributed by atoms with Gasteiger partial charge < -0.3 is 20.3 Å². The standard InChI is InChI=1S/C14H18N4O4/c1-15-13(20)11-7-18(8-12(19)17-14(21)16-2)9-5-3-4-6-10(9)22-11/h3-6,11H,7-8H2,1-2H3,(H,15,20)(H2,16,17,19,21)/t11-/m1/s1. The highest BCUT2D eigenvalue weighted by molar-refractivity contribution is 5.96. The van der Waals surface area contributed by atoms with Crippen LogP contribution in [0.2, 0.25) is 0 Å². The molecule has 0 radical (unpaired) electrons. The van der Waals surface area contributed by atoms with E-state index in [9.17, 15) is 14.4 Å². The summed E-state index contributed by atoms with van der Waals surface area (Å²) >= 11 is 0. The molecule has 0 bridgehead atoms. The molecule has 1 heterocycles. The summed E-state index contributed by atoms with van der Waals surface area (Å²) in [6.07, 6.45) is -0.715. The van der Waals surface area contributed by atoms with Crippen molar-refractivity contribution in [3.63, 3.8) is 0 Å². The maximum Gasteiger partial charge on any atom is 0.321 e. The minimum Gasteiger partial charge on any atom is -0.477 e. The van der Waals surface area contributed by atoms with Crippen LogP contribution in [0.25, 0.3) is 0 Å². The van der Waals surface area contributed by atoms with Crippen molar-refractivity contribution in [3.8, 4) is 5.75 Å². The number of benzene rings is 1. The van der Waals surface area contributed by atoms with E-state index in [-0.39, 0.29) is 19.0 Å². The number of rotatable bonds is 3. The summed E-state index contributed by atoms with van der Waals surface area (Å²) in [5.41, 5.74) is 0.703. The summed E-state index contributed by atoms with van der Waals surface area (Å²) in [4.78, 5) is 36.6. The summed E-state index contributed by atoms with van der Waals surface area (Å²) in [6, 6.07) is 6.55. The molecule has 0 aromatic heterocycles. The highest BCUT2D eigenvalue weighted by Crippen LogP contribution is 2.32. The van der Waals surface area contributed by atoms with Crippen LogP contribution in [-0.4, -0.2) is 51.1 Å². The Hall–Kier alpha value is -2.77. The molecule has 0 unspecified atom stereocenters. The highest BCUT2D eigenvalue weighted by atomic mass is 16.5. The van der Waals surface area contributed by atoms with E-state index in [4.69, 9.17) is 4.74 Å². The monoisotopic (exact) mass is 306 g/mol. The quantitative estimate of drug-likeness (QED) is 0.696. The Labute approximate surface area is 127 Å². The Bertz CT molecular complexity index is 590. The van der Waals surface area contributed by atoms with Crippen LogP contribution in [0.15, 0.2) is 24.3 Å². The molecule has 0 aliphatic carbocycles. The van der Waals surface area contributed by atoms with Gasteiger partial charge in [-0.15, -0.1) is 0 Å². The van der Waals surface area contributed by atoms with Crippen LogP contribution in [0.1, 0.15) is 0 Å². The van der Waals surface area contributed by atoms with Crippen LogP contribution in [0, 0.1) is 0 Å². The van der Waals surface area contributed by atoms with Crippen LogP contribution in [-0.2, 0) is 9.59 Å². The van der Waals surface area contributed by atoms with Gasteiger partial charge in [0.05, 0.1) is 18.8 Å². The molecule has 3 N–H and O–H groups in total. The van der Waals surface area contributed by atoms with E-state index >= 15 is 0 Å². The van der Waals surface area contributed by atoms with Gasteiger partial charge in [0, 0.05) is 14.1 Å². The second-order valence-electron chi connectivity index (χ2n) is 4.70. The molecule has 1 aliphatic heterocycles. The topological polar surface area (TPSA) is 99.8 Å². The average molecular weight is 306 g/mol. The second-order valence-corrected chi connectivity index (χ2v) is 4.70. The number of imide groups is 1. The fraction of sp³-hybridized carbons (Fsp3) is 0.357. The van der Waals surface area contributed by atoms with Crippen molar-refractivity contribution in [2.75, 3.05) is 32.1 Å². The number of anilines is 1. The molecule has 8 heteroatoms. The number of urea groups is 1. The molecule has 1 atom stereocenters. The Kier molecular flexibility index (Phi) is 4.82. The summed E-state index contributed by atoms with van der Waals surface area (Å²) in [7, 11) is 2.95. The zero-order chi connectivity index (χ0) is 16.1. The third-order valence-corrected chi connectivity index (χ3v) is 3.21. The molecule has 0 fully saturated rings. The first-order chi connectivity index (χ1) is 10.5. The molecular formula is C14H18N4O4. The lowest BCUT2D eigenvalue weighted by Crippen LogP contribution is -2.51. The molecule has 0 saturated carbocycles. The minimum atomic E-state index is -0.715. The van der Waals surface area contributed by atoms with Crippen molar-refractivity contribution in [1.82, 2.24) is 16.0 Å². The molecule has 1 aliphatic rings. The third kappa shape index (κ3) is 3.46. The predicted octanol–water partition coefficient (Wildman–Crippen LogP) is -0.544. The first kappa shape index (κ1) is 15.6. The molecule has 8 nitrogen and oxygen atoms in total. The number of hydrogen-bond acceptors (Lipinski definition) is 5. The van der Waals surface area contributed by atoms with Crippen molar-refractivity contribution in [1.29, 1.82) is 0 Å². The molecule has 118 valence electrons. The Morgan fingerprint density at radius 3 is 2.64 bits per heavy atom. The van der Waals surface area contributed by atoms with Crippen molar-refractivity contribution in [2.24, 2.45) is 0 Å². The summed E-state index contributed by atoms with van der Waals surface area (Å²) in [5.74, 6) is -0.215. The van der Waals surface area contributed by atoms with Gasteiger partial charge in [0.25, 0.3) is 5.91 Å². The number of ether oxygens (including phenoxy) is 1. The first-order valence-corrected chi connectivity index (χ1v) is 6.79. The molecule has 4 amide bonds. The van der Waals surface area contributed by atoms with E-state index in [2.05, 4.69) is 16.0 Å². The second kappa shape index (κ2) is 6.79. The molecule has 1 aromatic carbocycles. The van der Waals surface area contributed by atoms with Crippen molar-refractivity contribution in [2.45, 2.75) is 6.10 Å². The third-order valence-electron chi connectivity index (χ3n) is 3.21. The Balaban J connectivity index is 2.16. The van der Waals surface area contributed by atoms with Crippen LogP contribution in [0.5, 0.6) is 5.75 Å². The Morgan fingerprint density at radius 2 is 1.95 bits per heavy atom. The minimum absolute atomic E-state index is 0.0543. The maximum absolute atomic E-state index is 11.9. The molecule has 1 aromatic rings. The van der Waals surface area contributed by atoms with E-state index in [0.29, 0.717) is 11.4 Å². The van der Waals surface area contributed by atoms with Crippen LogP contribution in [0.3, 0.4) is 0 Å². The number of nitrogens with zero attached hydrogens (tertiary/aromatic N) is 1. The molecule has 2 rings (SSSR count). The van der Waals surface area contributed by atoms with Gasteiger partial charge in [-0.1, -0.05) is 12.1 Å². The van der Waals surface area contributed by atoms with Crippen LogP contribution >= 0.6 is 0 Å². The van der Waals surface area contributed by atoms with Gasteiger partial charge in [0.1, 0.15) is 5.75 Å². The smallest absolute Gasteiger partial charge is 0.321 e. The number of hydrogen-bond donors (Lipinski definition) is 3. The molecule has 0 saturated heterocycles. The number of likely N-dealkylation sites (N-methyl/N-ethyl adjacent to an activating group) is 1. The highest BCUT2D eigenvalue weighted by Gasteiger charge is 2.31. The van der Waals surface area contributed by atoms with E-state index in [1.54, 1.807) is 23.1 Å². The number of fused-ring (bicyclic) bond motifs is 1. The lowest BCUT2D eigenvalue weighted by Gasteiger charge is -2.34. The largest absolute Gasteiger partial charge is 0.477 e.